The smallest absolute Gasteiger partial charge is 0.159 e. The predicted molar refractivity (Wildman–Crippen MR) is 133 cm³/mol. The summed E-state index contributed by atoms with van der Waals surface area (Å²) in [6, 6.07) is 15.5. The van der Waals surface area contributed by atoms with Crippen LogP contribution in [0.5, 0.6) is 5.75 Å². The molecular weight excluding hydrogens is 410 g/mol. The fraction of sp³-hybridized carbons (Fsp3) is 0.586. The molecule has 2 fully saturated rings. The van der Waals surface area contributed by atoms with Gasteiger partial charge < -0.3 is 19.5 Å². The number of benzene rings is 2. The molecule has 0 aromatic heterocycles. The number of ether oxygens (including phenoxy) is 2. The minimum atomic E-state index is -0.0907. The Labute approximate surface area is 198 Å². The highest BCUT2D eigenvalue weighted by molar-refractivity contribution is 5.52. The minimum Gasteiger partial charge on any atom is -0.508 e. The monoisotopic (exact) mass is 449 g/mol. The first-order valence-corrected chi connectivity index (χ1v) is 12.9. The first-order valence-electron chi connectivity index (χ1n) is 12.9. The highest BCUT2D eigenvalue weighted by atomic mass is 16.7. The summed E-state index contributed by atoms with van der Waals surface area (Å²) in [5.74, 6) is 1.30. The molecule has 0 amide bonds. The second-order valence-corrected chi connectivity index (χ2v) is 10.5. The fourth-order valence-corrected chi connectivity index (χ4v) is 7.06. The summed E-state index contributed by atoms with van der Waals surface area (Å²) in [4.78, 5) is 2.51. The molecule has 1 heterocycles. The Bertz CT molecular complexity index is 922. The van der Waals surface area contributed by atoms with Crippen LogP contribution in [0.3, 0.4) is 0 Å². The van der Waals surface area contributed by atoms with Crippen LogP contribution < -0.4 is 4.90 Å². The number of fused-ring (bicyclic) bond motifs is 1. The average Bonchev–Trinajstić information content (AvgIpc) is 2.86. The van der Waals surface area contributed by atoms with Crippen molar-refractivity contribution in [2.24, 2.45) is 11.3 Å². The van der Waals surface area contributed by atoms with Crippen molar-refractivity contribution in [3.8, 4) is 5.75 Å². The number of aromatic hydroxyl groups is 1. The van der Waals surface area contributed by atoms with Crippen LogP contribution in [-0.2, 0) is 15.9 Å². The number of nitrogens with zero attached hydrogens (tertiary/aromatic N) is 1. The molecule has 1 N–H and O–H groups in total. The second kappa shape index (κ2) is 9.68. The number of anilines is 1. The molecule has 0 radical (unpaired) electrons. The van der Waals surface area contributed by atoms with Crippen LogP contribution in [0.15, 0.2) is 42.5 Å². The van der Waals surface area contributed by atoms with Crippen molar-refractivity contribution in [1.29, 1.82) is 0 Å². The summed E-state index contributed by atoms with van der Waals surface area (Å²) in [6.45, 7) is 2.09. The maximum Gasteiger partial charge on any atom is 0.159 e. The van der Waals surface area contributed by atoms with E-state index in [4.69, 9.17) is 9.47 Å². The summed E-state index contributed by atoms with van der Waals surface area (Å²) in [6.07, 6.45) is 11.2. The van der Waals surface area contributed by atoms with Gasteiger partial charge in [-0.25, -0.2) is 0 Å². The van der Waals surface area contributed by atoms with Crippen molar-refractivity contribution in [3.05, 3.63) is 59.2 Å². The Morgan fingerprint density at radius 1 is 0.909 bits per heavy atom. The van der Waals surface area contributed by atoms with Crippen LogP contribution in [0.2, 0.25) is 0 Å². The summed E-state index contributed by atoms with van der Waals surface area (Å²) >= 11 is 0. The van der Waals surface area contributed by atoms with Crippen molar-refractivity contribution in [2.45, 2.75) is 70.0 Å². The summed E-state index contributed by atoms with van der Waals surface area (Å²) < 4.78 is 11.0. The Morgan fingerprint density at radius 2 is 1.61 bits per heavy atom. The summed E-state index contributed by atoms with van der Waals surface area (Å²) in [5, 5.41) is 10.1. The largest absolute Gasteiger partial charge is 0.508 e. The van der Waals surface area contributed by atoms with Crippen molar-refractivity contribution in [3.63, 3.8) is 0 Å². The van der Waals surface area contributed by atoms with Gasteiger partial charge in [-0.3, -0.25) is 0 Å². The molecule has 1 spiro atoms. The lowest BCUT2D eigenvalue weighted by Gasteiger charge is -2.48. The Morgan fingerprint density at radius 3 is 2.27 bits per heavy atom. The van der Waals surface area contributed by atoms with Crippen LogP contribution >= 0.6 is 0 Å². The van der Waals surface area contributed by atoms with Gasteiger partial charge in [0.05, 0.1) is 0 Å². The van der Waals surface area contributed by atoms with Gasteiger partial charge in [0.15, 0.2) is 6.29 Å². The molecule has 1 atom stereocenters. The highest BCUT2D eigenvalue weighted by Gasteiger charge is 2.44. The molecule has 5 rings (SSSR count). The van der Waals surface area contributed by atoms with Gasteiger partial charge in [-0.2, -0.15) is 0 Å². The van der Waals surface area contributed by atoms with Gasteiger partial charge in [-0.1, -0.05) is 37.5 Å². The van der Waals surface area contributed by atoms with Crippen LogP contribution in [-0.4, -0.2) is 38.7 Å². The van der Waals surface area contributed by atoms with E-state index in [0.29, 0.717) is 23.0 Å². The molecule has 3 aliphatic rings. The molecule has 2 aromatic carbocycles. The zero-order valence-electron chi connectivity index (χ0n) is 20.3. The third kappa shape index (κ3) is 4.40. The SMILES string of the molecule is COC(OC)C1CCN(c2ccc([C@H]3c4ccc(O)cc4CCC34CCCCC4)cc2)CC1. The van der Waals surface area contributed by atoms with Crippen molar-refractivity contribution < 1.29 is 14.6 Å². The molecular formula is C29H39NO3. The Balaban J connectivity index is 1.38. The third-order valence-electron chi connectivity index (χ3n) is 8.77. The summed E-state index contributed by atoms with van der Waals surface area (Å²) in [5.41, 5.74) is 5.93. The van der Waals surface area contributed by atoms with Gasteiger partial charge in [0.2, 0.25) is 0 Å². The van der Waals surface area contributed by atoms with E-state index in [2.05, 4.69) is 35.2 Å². The Hall–Kier alpha value is -2.04. The zero-order valence-corrected chi connectivity index (χ0v) is 20.3. The topological polar surface area (TPSA) is 41.9 Å². The number of piperidine rings is 1. The summed E-state index contributed by atoms with van der Waals surface area (Å²) in [7, 11) is 3.48. The van der Waals surface area contributed by atoms with Gasteiger partial charge in [0.1, 0.15) is 5.75 Å². The number of methoxy groups -OCH3 is 2. The first kappa shape index (κ1) is 22.7. The zero-order chi connectivity index (χ0) is 22.8. The van der Waals surface area contributed by atoms with Gasteiger partial charge >= 0.3 is 0 Å². The van der Waals surface area contributed by atoms with E-state index >= 15 is 0 Å². The van der Waals surface area contributed by atoms with Crippen LogP contribution in [0.25, 0.3) is 0 Å². The van der Waals surface area contributed by atoms with Crippen molar-refractivity contribution >= 4 is 5.69 Å². The van der Waals surface area contributed by atoms with Crippen molar-refractivity contribution in [2.75, 3.05) is 32.2 Å². The molecule has 1 saturated heterocycles. The molecule has 1 saturated carbocycles. The predicted octanol–water partition coefficient (Wildman–Crippen LogP) is 6.26. The number of hydrogen-bond acceptors (Lipinski definition) is 4. The normalized spacial score (nSPS) is 23.1. The molecule has 33 heavy (non-hydrogen) atoms. The molecule has 4 nitrogen and oxygen atoms in total. The number of phenolic OH excluding ortho intramolecular Hbond substituents is 1. The molecule has 0 unspecified atom stereocenters. The number of phenols is 1. The van der Waals surface area contributed by atoms with Gasteiger partial charge in [-0.05, 0) is 84.9 Å². The minimum absolute atomic E-state index is 0.0907. The maximum absolute atomic E-state index is 10.1. The lowest BCUT2D eigenvalue weighted by Crippen LogP contribution is -2.39. The maximum atomic E-state index is 10.1. The van der Waals surface area contributed by atoms with Crippen molar-refractivity contribution in [1.82, 2.24) is 0 Å². The van der Waals surface area contributed by atoms with E-state index in [-0.39, 0.29) is 6.29 Å². The second-order valence-electron chi connectivity index (χ2n) is 10.5. The molecule has 4 heteroatoms. The van der Waals surface area contributed by atoms with Crippen LogP contribution in [0.1, 0.15) is 74.0 Å². The quantitative estimate of drug-likeness (QED) is 0.547. The number of aryl methyl sites for hydroxylation is 1. The molecule has 178 valence electrons. The average molecular weight is 450 g/mol. The van der Waals surface area contributed by atoms with Crippen LogP contribution in [0, 0.1) is 11.3 Å². The lowest BCUT2D eigenvalue weighted by atomic mass is 9.56. The molecule has 1 aliphatic heterocycles. The van der Waals surface area contributed by atoms with E-state index in [0.717, 1.165) is 32.4 Å². The van der Waals surface area contributed by atoms with Gasteiger partial charge in [-0.15, -0.1) is 0 Å². The molecule has 0 bridgehead atoms. The fourth-order valence-electron chi connectivity index (χ4n) is 7.06. The number of rotatable bonds is 5. The van der Waals surface area contributed by atoms with Gasteiger partial charge in [0.25, 0.3) is 0 Å². The van der Waals surface area contributed by atoms with E-state index < -0.39 is 0 Å². The highest BCUT2D eigenvalue weighted by Crippen LogP contribution is 2.56. The molecule has 2 aliphatic carbocycles. The Kier molecular flexibility index (Phi) is 6.67. The van der Waals surface area contributed by atoms with E-state index in [1.54, 1.807) is 14.2 Å². The number of hydrogen-bond donors (Lipinski definition) is 1. The van der Waals surface area contributed by atoms with Gasteiger partial charge in [0, 0.05) is 44.8 Å². The standard InChI is InChI=1S/C29H39NO3/c1-32-28(33-2)22-13-18-30(19-14-22)24-8-6-21(7-9-24)27-26-11-10-25(31)20-23(26)12-17-29(27)15-4-3-5-16-29/h6-11,20,22,27-28,31H,3-5,12-19H2,1-2H3/t27-/m0/s1. The lowest BCUT2D eigenvalue weighted by molar-refractivity contribution is -0.141. The van der Waals surface area contributed by atoms with Crippen LogP contribution in [0.4, 0.5) is 5.69 Å². The first-order chi connectivity index (χ1) is 16.1. The van der Waals surface area contributed by atoms with E-state index in [1.165, 1.54) is 60.9 Å². The third-order valence-corrected chi connectivity index (χ3v) is 8.77. The molecule has 2 aromatic rings. The van der Waals surface area contributed by atoms with E-state index in [1.807, 2.05) is 12.1 Å². The van der Waals surface area contributed by atoms with E-state index in [9.17, 15) is 5.11 Å².